The molecule has 1 fully saturated rings. The van der Waals surface area contributed by atoms with E-state index >= 15 is 0 Å². The van der Waals surface area contributed by atoms with Gasteiger partial charge in [0.15, 0.2) is 0 Å². The molecular formula is C29H37N7O. The molecule has 0 spiro atoms. The molecule has 1 amide bonds. The van der Waals surface area contributed by atoms with E-state index in [0.717, 1.165) is 37.4 Å². The lowest BCUT2D eigenvalue weighted by atomic mass is 9.82. The van der Waals surface area contributed by atoms with Crippen LogP contribution < -0.4 is 16.0 Å². The third-order valence-electron chi connectivity index (χ3n) is 7.67. The van der Waals surface area contributed by atoms with Crippen LogP contribution in [-0.4, -0.2) is 45.3 Å². The Balaban J connectivity index is 1.15. The van der Waals surface area contributed by atoms with Crippen molar-refractivity contribution in [2.45, 2.75) is 45.6 Å². The Morgan fingerprint density at radius 1 is 1.14 bits per heavy atom. The van der Waals surface area contributed by atoms with Gasteiger partial charge < -0.3 is 20.9 Å². The summed E-state index contributed by atoms with van der Waals surface area (Å²) in [5, 5.41) is 19.4. The lowest BCUT2D eigenvalue weighted by Crippen LogP contribution is -2.41. The van der Waals surface area contributed by atoms with Crippen LogP contribution in [0.15, 0.2) is 61.3 Å². The molecule has 2 aromatic heterocycles. The first-order valence-electron chi connectivity index (χ1n) is 13.3. The summed E-state index contributed by atoms with van der Waals surface area (Å²) in [6.45, 7) is 6.96. The normalized spacial score (nSPS) is 18.6. The third kappa shape index (κ3) is 6.26. The summed E-state index contributed by atoms with van der Waals surface area (Å²) in [5.41, 5.74) is 5.71. The van der Waals surface area contributed by atoms with Crippen LogP contribution in [0.2, 0.25) is 0 Å². The molecule has 1 aliphatic rings. The number of nitrogens with one attached hydrogen (secondary N) is 4. The average molecular weight is 500 g/mol. The number of piperidine rings is 1. The fourth-order valence-corrected chi connectivity index (χ4v) is 5.51. The number of hydrogen-bond acceptors (Lipinski definition) is 5. The van der Waals surface area contributed by atoms with Crippen molar-refractivity contribution < 1.29 is 4.79 Å². The number of aromatic nitrogens is 4. The van der Waals surface area contributed by atoms with E-state index in [-0.39, 0.29) is 11.9 Å². The van der Waals surface area contributed by atoms with Gasteiger partial charge in [-0.25, -0.2) is 0 Å². The Hall–Kier alpha value is -3.49. The number of benzene rings is 2. The summed E-state index contributed by atoms with van der Waals surface area (Å²) in [7, 11) is 0. The van der Waals surface area contributed by atoms with Gasteiger partial charge in [0.25, 0.3) is 0 Å². The van der Waals surface area contributed by atoms with Gasteiger partial charge in [-0.1, -0.05) is 12.1 Å². The van der Waals surface area contributed by atoms with E-state index in [1.165, 1.54) is 48.2 Å². The highest BCUT2D eigenvalue weighted by Gasteiger charge is 2.25. The fraction of sp³-hybridized carbons (Fsp3) is 0.414. The molecular weight excluding hydrogens is 462 g/mol. The van der Waals surface area contributed by atoms with E-state index in [2.05, 4.69) is 74.6 Å². The number of hydrogen-bond donors (Lipinski definition) is 4. The Kier molecular flexibility index (Phi) is 7.96. The first kappa shape index (κ1) is 25.2. The zero-order chi connectivity index (χ0) is 25.6. The summed E-state index contributed by atoms with van der Waals surface area (Å²) in [6.07, 6.45) is 10.3. The molecule has 5 rings (SSSR count). The molecule has 0 saturated carbocycles. The zero-order valence-corrected chi connectivity index (χ0v) is 21.7. The van der Waals surface area contributed by atoms with Crippen molar-refractivity contribution in [2.75, 3.05) is 25.0 Å². The minimum Gasteiger partial charge on any atom is -0.361 e. The van der Waals surface area contributed by atoms with Gasteiger partial charge in [0.2, 0.25) is 5.91 Å². The summed E-state index contributed by atoms with van der Waals surface area (Å²) >= 11 is 0. The largest absolute Gasteiger partial charge is 0.361 e. The Bertz CT molecular complexity index is 1300. The smallest absolute Gasteiger partial charge is 0.221 e. The van der Waals surface area contributed by atoms with Crippen molar-refractivity contribution in [1.29, 1.82) is 0 Å². The lowest BCUT2D eigenvalue weighted by molar-refractivity contribution is -0.114. The molecule has 4 aromatic rings. The van der Waals surface area contributed by atoms with Crippen LogP contribution in [0, 0.1) is 11.8 Å². The predicted octanol–water partition coefficient (Wildman–Crippen LogP) is 4.61. The standard InChI is InChI=1S/C29H37N7O/c1-20(22-6-8-26(9-7-22)35-21(2)37)31-16-24-12-13-30-15-23(24)4-3-5-25-17-32-29-11-10-27(14-28(25)29)36-18-33-34-19-36/h6-11,14,17-20,23-24,30-32H,3-5,12-13,15-16H2,1-2H3,(H,35,37). The second-order valence-electron chi connectivity index (χ2n) is 10.3. The predicted molar refractivity (Wildman–Crippen MR) is 148 cm³/mol. The van der Waals surface area contributed by atoms with Crippen molar-refractivity contribution in [1.82, 2.24) is 30.4 Å². The average Bonchev–Trinajstić information content (AvgIpc) is 3.58. The number of carbonyl (C=O) groups is 1. The maximum atomic E-state index is 11.3. The number of nitrogens with zero attached hydrogens (tertiary/aromatic N) is 3. The summed E-state index contributed by atoms with van der Waals surface area (Å²) in [6, 6.07) is 14.9. The van der Waals surface area contributed by atoms with Crippen LogP contribution in [0.4, 0.5) is 5.69 Å². The second kappa shape index (κ2) is 11.7. The van der Waals surface area contributed by atoms with Crippen molar-refractivity contribution in [3.63, 3.8) is 0 Å². The maximum Gasteiger partial charge on any atom is 0.221 e. The second-order valence-corrected chi connectivity index (χ2v) is 10.3. The van der Waals surface area contributed by atoms with Gasteiger partial charge in [-0.15, -0.1) is 10.2 Å². The number of H-pyrrole nitrogens is 1. The molecule has 8 heteroatoms. The van der Waals surface area contributed by atoms with E-state index in [1.807, 2.05) is 16.7 Å². The molecule has 0 radical (unpaired) electrons. The quantitative estimate of drug-likeness (QED) is 0.255. The molecule has 3 atom stereocenters. The number of anilines is 1. The highest BCUT2D eigenvalue weighted by Crippen LogP contribution is 2.28. The van der Waals surface area contributed by atoms with Crippen molar-refractivity contribution in [2.24, 2.45) is 11.8 Å². The van der Waals surface area contributed by atoms with Crippen LogP contribution in [0.5, 0.6) is 0 Å². The molecule has 2 aromatic carbocycles. The van der Waals surface area contributed by atoms with E-state index in [1.54, 1.807) is 12.7 Å². The zero-order valence-electron chi connectivity index (χ0n) is 21.7. The fourth-order valence-electron chi connectivity index (χ4n) is 5.51. The lowest BCUT2D eigenvalue weighted by Gasteiger charge is -2.33. The van der Waals surface area contributed by atoms with Gasteiger partial charge in [-0.3, -0.25) is 9.36 Å². The molecule has 3 heterocycles. The monoisotopic (exact) mass is 499 g/mol. The molecule has 1 aliphatic heterocycles. The minimum absolute atomic E-state index is 0.0441. The first-order valence-corrected chi connectivity index (χ1v) is 13.3. The number of aromatic amines is 1. The van der Waals surface area contributed by atoms with Crippen molar-refractivity contribution in [3.05, 3.63) is 72.4 Å². The van der Waals surface area contributed by atoms with Crippen LogP contribution in [-0.2, 0) is 11.2 Å². The van der Waals surface area contributed by atoms with E-state index < -0.39 is 0 Å². The molecule has 4 N–H and O–H groups in total. The topological polar surface area (TPSA) is 99.7 Å². The molecule has 8 nitrogen and oxygen atoms in total. The highest BCUT2D eigenvalue weighted by molar-refractivity contribution is 5.88. The van der Waals surface area contributed by atoms with Gasteiger partial charge in [-0.2, -0.15) is 0 Å². The maximum absolute atomic E-state index is 11.3. The first-order chi connectivity index (χ1) is 18.1. The Morgan fingerprint density at radius 2 is 1.95 bits per heavy atom. The Morgan fingerprint density at radius 3 is 2.73 bits per heavy atom. The molecule has 0 bridgehead atoms. The number of aryl methyl sites for hydroxylation is 1. The molecule has 37 heavy (non-hydrogen) atoms. The van der Waals surface area contributed by atoms with Gasteiger partial charge in [0, 0.05) is 41.4 Å². The number of rotatable bonds is 10. The molecule has 0 aliphatic carbocycles. The minimum atomic E-state index is -0.0441. The third-order valence-corrected chi connectivity index (χ3v) is 7.67. The van der Waals surface area contributed by atoms with Crippen LogP contribution >= 0.6 is 0 Å². The number of amides is 1. The van der Waals surface area contributed by atoms with E-state index in [4.69, 9.17) is 0 Å². The molecule has 3 unspecified atom stereocenters. The highest BCUT2D eigenvalue weighted by atomic mass is 16.1. The van der Waals surface area contributed by atoms with Crippen molar-refractivity contribution in [3.8, 4) is 5.69 Å². The number of carbonyl (C=O) groups excluding carboxylic acids is 1. The summed E-state index contributed by atoms with van der Waals surface area (Å²) in [5.74, 6) is 1.30. The van der Waals surface area contributed by atoms with E-state index in [0.29, 0.717) is 11.8 Å². The van der Waals surface area contributed by atoms with E-state index in [9.17, 15) is 4.79 Å². The summed E-state index contributed by atoms with van der Waals surface area (Å²) in [4.78, 5) is 14.7. The van der Waals surface area contributed by atoms with Crippen LogP contribution in [0.25, 0.3) is 16.6 Å². The van der Waals surface area contributed by atoms with Gasteiger partial charge in [0.1, 0.15) is 12.7 Å². The van der Waals surface area contributed by atoms with Crippen LogP contribution in [0.3, 0.4) is 0 Å². The van der Waals surface area contributed by atoms with Gasteiger partial charge >= 0.3 is 0 Å². The van der Waals surface area contributed by atoms with Gasteiger partial charge in [0.05, 0.1) is 0 Å². The summed E-state index contributed by atoms with van der Waals surface area (Å²) < 4.78 is 1.94. The Labute approximate surface area is 218 Å². The molecule has 194 valence electrons. The van der Waals surface area contributed by atoms with Gasteiger partial charge in [-0.05, 0) is 106 Å². The molecule has 1 saturated heterocycles. The number of fused-ring (bicyclic) bond motifs is 1. The van der Waals surface area contributed by atoms with Crippen molar-refractivity contribution >= 4 is 22.5 Å². The SMILES string of the molecule is CC(=O)Nc1ccc(C(C)NCC2CCNCC2CCCc2c[nH]c3ccc(-n4cnnc4)cc23)cc1. The van der Waals surface area contributed by atoms with Crippen LogP contribution in [0.1, 0.15) is 50.3 Å².